The van der Waals surface area contributed by atoms with Crippen molar-refractivity contribution in [1.29, 1.82) is 0 Å². The van der Waals surface area contributed by atoms with Gasteiger partial charge in [0.25, 0.3) is 0 Å². The molecule has 2 nitrogen and oxygen atoms in total. The van der Waals surface area contributed by atoms with Crippen LogP contribution in [0.4, 0.5) is 0 Å². The number of hydrogen-bond donors (Lipinski definition) is 2. The molecule has 0 aromatic carbocycles. The Morgan fingerprint density at radius 1 is 1.53 bits per heavy atom. The van der Waals surface area contributed by atoms with Crippen LogP contribution in [0.2, 0.25) is 4.34 Å². The maximum atomic E-state index is 5.91. The van der Waals surface area contributed by atoms with Gasteiger partial charge in [-0.2, -0.15) is 0 Å². The molecule has 15 heavy (non-hydrogen) atoms. The van der Waals surface area contributed by atoms with E-state index in [1.165, 1.54) is 17.7 Å². The van der Waals surface area contributed by atoms with Crippen molar-refractivity contribution in [2.75, 3.05) is 0 Å². The van der Waals surface area contributed by atoms with Crippen LogP contribution >= 0.6 is 22.9 Å². The Bertz CT molecular complexity index is 288. The van der Waals surface area contributed by atoms with E-state index in [1.54, 1.807) is 11.3 Å². The van der Waals surface area contributed by atoms with Gasteiger partial charge in [0.15, 0.2) is 0 Å². The van der Waals surface area contributed by atoms with Crippen LogP contribution in [0.15, 0.2) is 12.1 Å². The first-order chi connectivity index (χ1) is 7.17. The van der Waals surface area contributed by atoms with E-state index in [0.717, 1.165) is 10.8 Å². The highest BCUT2D eigenvalue weighted by Crippen LogP contribution is 2.30. The van der Waals surface area contributed by atoms with Gasteiger partial charge in [0.1, 0.15) is 0 Å². The van der Waals surface area contributed by atoms with E-state index in [2.05, 4.69) is 25.3 Å². The number of hydrazine groups is 1. The molecule has 2 atom stereocenters. The topological polar surface area (TPSA) is 38.0 Å². The largest absolute Gasteiger partial charge is 0.271 e. The fourth-order valence-electron chi connectivity index (χ4n) is 1.79. The third kappa shape index (κ3) is 4.11. The molecule has 1 aromatic rings. The van der Waals surface area contributed by atoms with Crippen LogP contribution in [0.5, 0.6) is 0 Å². The lowest BCUT2D eigenvalue weighted by atomic mass is 9.97. The molecule has 4 heteroatoms. The first-order valence-corrected chi connectivity index (χ1v) is 6.58. The highest BCUT2D eigenvalue weighted by molar-refractivity contribution is 7.16. The molecule has 0 saturated carbocycles. The lowest BCUT2D eigenvalue weighted by Gasteiger charge is -2.18. The number of nitrogens with two attached hydrogens (primary N) is 1. The van der Waals surface area contributed by atoms with Crippen molar-refractivity contribution in [3.8, 4) is 0 Å². The third-order valence-electron chi connectivity index (χ3n) is 2.56. The second-order valence-corrected chi connectivity index (χ2v) is 5.74. The maximum Gasteiger partial charge on any atom is 0.0931 e. The summed E-state index contributed by atoms with van der Waals surface area (Å²) < 4.78 is 0.827. The second-order valence-electron chi connectivity index (χ2n) is 3.99. The summed E-state index contributed by atoms with van der Waals surface area (Å²) >= 11 is 7.51. The molecule has 0 radical (unpaired) electrons. The zero-order valence-electron chi connectivity index (χ0n) is 9.29. The molecular formula is C11H19ClN2S. The molecule has 0 saturated heterocycles. The molecule has 0 aliphatic rings. The molecule has 0 aliphatic carbocycles. The molecule has 0 bridgehead atoms. The molecule has 1 heterocycles. The van der Waals surface area contributed by atoms with Crippen molar-refractivity contribution in [3.63, 3.8) is 0 Å². The predicted molar refractivity (Wildman–Crippen MR) is 68.1 cm³/mol. The van der Waals surface area contributed by atoms with Crippen LogP contribution in [0.3, 0.4) is 0 Å². The second kappa shape index (κ2) is 6.48. The molecule has 3 N–H and O–H groups in total. The zero-order chi connectivity index (χ0) is 11.3. The van der Waals surface area contributed by atoms with Crippen molar-refractivity contribution < 1.29 is 0 Å². The SMILES string of the molecule is CCCC(C)CC(NN)c1ccc(Cl)s1. The summed E-state index contributed by atoms with van der Waals surface area (Å²) in [6.45, 7) is 4.48. The van der Waals surface area contributed by atoms with Gasteiger partial charge in [-0.25, -0.2) is 0 Å². The third-order valence-corrected chi connectivity index (χ3v) is 3.90. The monoisotopic (exact) mass is 246 g/mol. The number of nitrogens with one attached hydrogen (secondary N) is 1. The smallest absolute Gasteiger partial charge is 0.0931 e. The standard InChI is InChI=1S/C11H19ClN2S/c1-3-4-8(2)7-9(14-13)10-5-6-11(12)15-10/h5-6,8-9,14H,3-4,7,13H2,1-2H3. The summed E-state index contributed by atoms with van der Waals surface area (Å²) in [5, 5.41) is 0. The molecule has 0 aliphatic heterocycles. The molecule has 0 fully saturated rings. The molecule has 1 rings (SSSR count). The summed E-state index contributed by atoms with van der Waals surface area (Å²) in [7, 11) is 0. The Morgan fingerprint density at radius 2 is 2.27 bits per heavy atom. The van der Waals surface area contributed by atoms with Crippen LogP contribution in [-0.2, 0) is 0 Å². The Balaban J connectivity index is 2.56. The minimum absolute atomic E-state index is 0.240. The van der Waals surface area contributed by atoms with Gasteiger partial charge in [-0.3, -0.25) is 11.3 Å². The number of thiophene rings is 1. The van der Waals surface area contributed by atoms with Crippen LogP contribution in [-0.4, -0.2) is 0 Å². The lowest BCUT2D eigenvalue weighted by molar-refractivity contribution is 0.398. The van der Waals surface area contributed by atoms with Gasteiger partial charge < -0.3 is 0 Å². The summed E-state index contributed by atoms with van der Waals surface area (Å²) in [4.78, 5) is 1.23. The fourth-order valence-corrected chi connectivity index (χ4v) is 2.93. The van der Waals surface area contributed by atoms with Crippen molar-refractivity contribution in [1.82, 2.24) is 5.43 Å². The van der Waals surface area contributed by atoms with E-state index in [-0.39, 0.29) is 6.04 Å². The number of hydrogen-bond acceptors (Lipinski definition) is 3. The predicted octanol–water partition coefficient (Wildman–Crippen LogP) is 3.73. The van der Waals surface area contributed by atoms with Crippen LogP contribution in [0, 0.1) is 5.92 Å². The first kappa shape index (κ1) is 13.0. The molecule has 0 spiro atoms. The van der Waals surface area contributed by atoms with Gasteiger partial charge in [-0.05, 0) is 24.5 Å². The van der Waals surface area contributed by atoms with Gasteiger partial charge in [-0.1, -0.05) is 38.3 Å². The number of rotatable bonds is 6. The average Bonchev–Trinajstić information content (AvgIpc) is 2.61. The van der Waals surface area contributed by atoms with Gasteiger partial charge in [0, 0.05) is 4.88 Å². The van der Waals surface area contributed by atoms with E-state index in [0.29, 0.717) is 5.92 Å². The number of halogens is 1. The van der Waals surface area contributed by atoms with Crippen molar-refractivity contribution in [2.24, 2.45) is 11.8 Å². The van der Waals surface area contributed by atoms with Crippen LogP contribution in [0.1, 0.15) is 44.0 Å². The maximum absolute atomic E-state index is 5.91. The van der Waals surface area contributed by atoms with Crippen molar-refractivity contribution in [2.45, 2.75) is 39.2 Å². The minimum Gasteiger partial charge on any atom is -0.271 e. The normalized spacial score (nSPS) is 15.2. The summed E-state index contributed by atoms with van der Waals surface area (Å²) in [6, 6.07) is 4.22. The minimum atomic E-state index is 0.240. The Hall–Kier alpha value is -0.0900. The van der Waals surface area contributed by atoms with Gasteiger partial charge >= 0.3 is 0 Å². The Kier molecular flexibility index (Phi) is 5.61. The molecular weight excluding hydrogens is 228 g/mol. The van der Waals surface area contributed by atoms with Gasteiger partial charge in [0.2, 0.25) is 0 Å². The fraction of sp³-hybridized carbons (Fsp3) is 0.636. The van der Waals surface area contributed by atoms with Gasteiger partial charge in [0.05, 0.1) is 10.4 Å². The van der Waals surface area contributed by atoms with E-state index in [4.69, 9.17) is 17.4 Å². The van der Waals surface area contributed by atoms with E-state index in [9.17, 15) is 0 Å². The molecule has 1 aromatic heterocycles. The van der Waals surface area contributed by atoms with Crippen LogP contribution in [0.25, 0.3) is 0 Å². The quantitative estimate of drug-likeness (QED) is 0.593. The Labute approximate surface area is 101 Å². The summed E-state index contributed by atoms with van der Waals surface area (Å²) in [6.07, 6.45) is 3.54. The molecule has 0 amide bonds. The summed E-state index contributed by atoms with van der Waals surface area (Å²) in [5.41, 5.74) is 2.87. The van der Waals surface area contributed by atoms with E-state index >= 15 is 0 Å². The average molecular weight is 247 g/mol. The highest BCUT2D eigenvalue weighted by atomic mass is 35.5. The molecule has 2 unspecified atom stereocenters. The first-order valence-electron chi connectivity index (χ1n) is 5.38. The molecule has 86 valence electrons. The lowest BCUT2D eigenvalue weighted by Crippen LogP contribution is -2.28. The van der Waals surface area contributed by atoms with Crippen LogP contribution < -0.4 is 11.3 Å². The van der Waals surface area contributed by atoms with E-state index in [1.807, 2.05) is 6.07 Å². The van der Waals surface area contributed by atoms with Gasteiger partial charge in [-0.15, -0.1) is 11.3 Å². The highest BCUT2D eigenvalue weighted by Gasteiger charge is 2.15. The van der Waals surface area contributed by atoms with E-state index < -0.39 is 0 Å². The van der Waals surface area contributed by atoms with Crippen molar-refractivity contribution >= 4 is 22.9 Å². The summed E-state index contributed by atoms with van der Waals surface area (Å²) in [5.74, 6) is 6.26. The zero-order valence-corrected chi connectivity index (χ0v) is 10.9. The Morgan fingerprint density at radius 3 is 2.73 bits per heavy atom. The van der Waals surface area contributed by atoms with Crippen molar-refractivity contribution in [3.05, 3.63) is 21.3 Å².